The Hall–Kier alpha value is -2.01. The highest BCUT2D eigenvalue weighted by Crippen LogP contribution is 2.33. The summed E-state index contributed by atoms with van der Waals surface area (Å²) in [6.07, 6.45) is -0.404. The van der Waals surface area contributed by atoms with E-state index in [1.807, 2.05) is 4.90 Å². The maximum atomic E-state index is 14.6. The van der Waals surface area contributed by atoms with Gasteiger partial charge in [-0.15, -0.1) is 11.3 Å². The number of hydrogen-bond acceptors (Lipinski definition) is 6. The van der Waals surface area contributed by atoms with Gasteiger partial charge in [0, 0.05) is 50.0 Å². The van der Waals surface area contributed by atoms with Crippen LogP contribution in [0.15, 0.2) is 46.1 Å². The number of thiazole rings is 1. The molecule has 3 aromatic rings. The maximum absolute atomic E-state index is 14.6. The van der Waals surface area contributed by atoms with Crippen LogP contribution in [0.4, 0.5) is 29.1 Å². The number of hydrogen-bond donors (Lipinski definition) is 2. The predicted octanol–water partition coefficient (Wildman–Crippen LogP) is 7.04. The van der Waals surface area contributed by atoms with Crippen LogP contribution < -0.4 is 10.0 Å². The van der Waals surface area contributed by atoms with Crippen molar-refractivity contribution in [3.63, 3.8) is 0 Å². The molecule has 2 aromatic carbocycles. The number of rotatable bonds is 8. The van der Waals surface area contributed by atoms with Crippen LogP contribution in [0, 0.1) is 11.6 Å². The van der Waals surface area contributed by atoms with Gasteiger partial charge in [0.05, 0.1) is 21.1 Å². The van der Waals surface area contributed by atoms with E-state index in [0.717, 1.165) is 11.9 Å². The smallest absolute Gasteiger partial charge is 0.250 e. The summed E-state index contributed by atoms with van der Waals surface area (Å²) >= 11 is 8.81. The van der Waals surface area contributed by atoms with Crippen LogP contribution >= 0.6 is 34.9 Å². The van der Waals surface area contributed by atoms with E-state index >= 15 is 0 Å². The zero-order chi connectivity index (χ0) is 23.4. The Labute approximate surface area is 202 Å². The Morgan fingerprint density at radius 3 is 2.67 bits per heavy atom. The highest BCUT2D eigenvalue weighted by atomic mass is 35.5. The molecule has 0 unspecified atom stereocenters. The van der Waals surface area contributed by atoms with Crippen LogP contribution in [0.5, 0.6) is 0 Å². The average Bonchev–Trinajstić information content (AvgIpc) is 3.29. The summed E-state index contributed by atoms with van der Waals surface area (Å²) < 4.78 is 59.0. The number of aromatic nitrogens is 1. The molecule has 176 valence electrons. The van der Waals surface area contributed by atoms with E-state index in [1.54, 1.807) is 23.0 Å². The topological polar surface area (TPSA) is 40.2 Å². The molecule has 4 rings (SSSR count). The van der Waals surface area contributed by atoms with Crippen molar-refractivity contribution in [3.05, 3.63) is 69.0 Å². The lowest BCUT2D eigenvalue weighted by Gasteiger charge is -2.32. The van der Waals surface area contributed by atoms with Crippen molar-refractivity contribution in [2.75, 3.05) is 23.1 Å². The zero-order valence-electron chi connectivity index (χ0n) is 17.4. The zero-order valence-corrected chi connectivity index (χ0v) is 19.8. The summed E-state index contributed by atoms with van der Waals surface area (Å²) in [6, 6.07) is 7.47. The first kappa shape index (κ1) is 24.1. The number of halogens is 5. The molecule has 2 heterocycles. The Bertz CT molecular complexity index is 1090. The molecule has 0 aliphatic carbocycles. The highest BCUT2D eigenvalue weighted by Gasteiger charge is 2.34. The fourth-order valence-electron chi connectivity index (χ4n) is 3.52. The van der Waals surface area contributed by atoms with Crippen molar-refractivity contribution >= 4 is 46.4 Å². The van der Waals surface area contributed by atoms with Crippen molar-refractivity contribution in [1.29, 1.82) is 0 Å². The van der Waals surface area contributed by atoms with Crippen molar-refractivity contribution in [2.24, 2.45) is 0 Å². The summed E-state index contributed by atoms with van der Waals surface area (Å²) in [7, 11) is 0. The average molecular weight is 517 g/mol. The van der Waals surface area contributed by atoms with Gasteiger partial charge in [-0.25, -0.2) is 22.5 Å². The van der Waals surface area contributed by atoms with Gasteiger partial charge in [0.15, 0.2) is 0 Å². The molecular formula is C22H21ClF4N4S2. The molecule has 1 aromatic heterocycles. The minimum Gasteiger partial charge on any atom is -0.380 e. The maximum Gasteiger partial charge on any atom is 0.250 e. The van der Waals surface area contributed by atoms with Crippen molar-refractivity contribution in [2.45, 2.75) is 36.7 Å². The normalized spacial score (nSPS) is 16.0. The second-order valence-corrected chi connectivity index (χ2v) is 9.68. The van der Waals surface area contributed by atoms with E-state index in [9.17, 15) is 17.6 Å². The van der Waals surface area contributed by atoms with E-state index in [4.69, 9.17) is 11.6 Å². The third-order valence-corrected chi connectivity index (χ3v) is 7.12. The fourth-order valence-corrected chi connectivity index (χ4v) is 5.04. The van der Waals surface area contributed by atoms with Gasteiger partial charge in [-0.1, -0.05) is 23.7 Å². The molecule has 1 aliphatic rings. The minimum absolute atomic E-state index is 0.0781. The third-order valence-electron chi connectivity index (χ3n) is 5.37. The van der Waals surface area contributed by atoms with E-state index in [1.165, 1.54) is 29.5 Å². The van der Waals surface area contributed by atoms with Gasteiger partial charge in [-0.2, -0.15) is 0 Å². The van der Waals surface area contributed by atoms with Crippen LogP contribution in [0.1, 0.15) is 24.0 Å². The quantitative estimate of drug-likeness (QED) is 0.248. The van der Waals surface area contributed by atoms with E-state index in [2.05, 4.69) is 15.0 Å². The first-order chi connectivity index (χ1) is 15.8. The minimum atomic E-state index is -2.64. The first-order valence-electron chi connectivity index (χ1n) is 10.2. The summed E-state index contributed by atoms with van der Waals surface area (Å²) in [6.45, 7) is 0.947. The first-order valence-corrected chi connectivity index (χ1v) is 12.3. The number of nitrogens with one attached hydrogen (secondary N) is 2. The lowest BCUT2D eigenvalue weighted by molar-refractivity contribution is -0.0567. The van der Waals surface area contributed by atoms with Crippen LogP contribution in [0.3, 0.4) is 0 Å². The van der Waals surface area contributed by atoms with Crippen molar-refractivity contribution in [3.8, 4) is 0 Å². The molecule has 2 N–H and O–H groups in total. The van der Waals surface area contributed by atoms with Gasteiger partial charge in [-0.05, 0) is 35.7 Å². The van der Waals surface area contributed by atoms with Gasteiger partial charge in [0.1, 0.15) is 17.5 Å². The second-order valence-electron chi connectivity index (χ2n) is 7.70. The predicted molar refractivity (Wildman–Crippen MR) is 126 cm³/mol. The SMILES string of the molecule is Fc1cc(NCc2c(F)cccc2CN2CCC(F)(F)CC2)c(Cl)cc1SNc1cscn1. The molecule has 0 bridgehead atoms. The van der Waals surface area contributed by atoms with Gasteiger partial charge in [-0.3, -0.25) is 4.90 Å². The van der Waals surface area contributed by atoms with Crippen molar-refractivity contribution < 1.29 is 17.6 Å². The molecule has 0 saturated carbocycles. The van der Waals surface area contributed by atoms with Gasteiger partial charge in [0.2, 0.25) is 0 Å². The van der Waals surface area contributed by atoms with E-state index < -0.39 is 17.6 Å². The highest BCUT2D eigenvalue weighted by molar-refractivity contribution is 8.00. The molecular weight excluding hydrogens is 496 g/mol. The number of anilines is 2. The largest absolute Gasteiger partial charge is 0.380 e. The lowest BCUT2D eigenvalue weighted by Crippen LogP contribution is -2.39. The number of piperidine rings is 1. The van der Waals surface area contributed by atoms with Crippen LogP contribution in [0.2, 0.25) is 5.02 Å². The molecule has 4 nitrogen and oxygen atoms in total. The molecule has 0 spiro atoms. The van der Waals surface area contributed by atoms with Crippen LogP contribution in [-0.4, -0.2) is 28.9 Å². The van der Waals surface area contributed by atoms with Crippen LogP contribution in [-0.2, 0) is 13.1 Å². The van der Waals surface area contributed by atoms with Crippen LogP contribution in [0.25, 0.3) is 0 Å². The van der Waals surface area contributed by atoms with E-state index in [0.29, 0.717) is 34.1 Å². The second kappa shape index (κ2) is 10.5. The Morgan fingerprint density at radius 1 is 1.15 bits per heavy atom. The summed E-state index contributed by atoms with van der Waals surface area (Å²) in [4.78, 5) is 6.26. The molecule has 1 aliphatic heterocycles. The Kier molecular flexibility index (Phi) is 7.68. The lowest BCUT2D eigenvalue weighted by atomic mass is 10.0. The fraction of sp³-hybridized carbons (Fsp3) is 0.318. The Morgan fingerprint density at radius 2 is 1.94 bits per heavy atom. The standard InChI is InChI=1S/C22H21ClF4N4S2/c23-16-8-20(33-30-21-12-32-13-29-21)18(25)9-19(16)28-10-15-14(2-1-3-17(15)24)11-31-6-4-22(26,27)5-7-31/h1-3,8-9,12-13,28,30H,4-7,10-11H2. The number of likely N-dealkylation sites (tertiary alicyclic amines) is 1. The molecule has 0 amide bonds. The number of nitrogens with zero attached hydrogens (tertiary/aromatic N) is 2. The molecule has 33 heavy (non-hydrogen) atoms. The molecule has 0 radical (unpaired) electrons. The Balaban J connectivity index is 1.43. The van der Waals surface area contributed by atoms with Gasteiger partial charge in [0.25, 0.3) is 5.92 Å². The summed E-state index contributed by atoms with van der Waals surface area (Å²) in [5.74, 6) is -2.92. The summed E-state index contributed by atoms with van der Waals surface area (Å²) in [5.41, 5.74) is 3.09. The number of benzene rings is 2. The van der Waals surface area contributed by atoms with E-state index in [-0.39, 0.29) is 37.5 Å². The summed E-state index contributed by atoms with van der Waals surface area (Å²) in [5, 5.41) is 5.09. The van der Waals surface area contributed by atoms with Crippen molar-refractivity contribution in [1.82, 2.24) is 9.88 Å². The molecule has 1 fully saturated rings. The molecule has 0 atom stereocenters. The van der Waals surface area contributed by atoms with Gasteiger partial charge < -0.3 is 10.0 Å². The van der Waals surface area contributed by atoms with Gasteiger partial charge >= 0.3 is 0 Å². The molecule has 1 saturated heterocycles. The monoisotopic (exact) mass is 516 g/mol. The molecule has 11 heteroatoms. The number of alkyl halides is 2. The third kappa shape index (κ3) is 6.32.